The van der Waals surface area contributed by atoms with Crippen molar-refractivity contribution >= 4 is 0 Å². The summed E-state index contributed by atoms with van der Waals surface area (Å²) in [7, 11) is 0. The molecule has 1 unspecified atom stereocenters. The Labute approximate surface area is 95.5 Å². The van der Waals surface area contributed by atoms with Gasteiger partial charge in [-0.1, -0.05) is 34.1 Å². The molecule has 2 nitrogen and oxygen atoms in total. The van der Waals surface area contributed by atoms with Crippen LogP contribution in [0, 0.1) is 11.3 Å². The largest absolute Gasteiger partial charge is 0.396 e. The number of hydrogen-bond donors (Lipinski definition) is 2. The molecule has 2 heteroatoms. The summed E-state index contributed by atoms with van der Waals surface area (Å²) in [4.78, 5) is 0. The second-order valence-corrected chi connectivity index (χ2v) is 4.83. The molecule has 0 aliphatic rings. The van der Waals surface area contributed by atoms with Crippen LogP contribution >= 0.6 is 0 Å². The van der Waals surface area contributed by atoms with Crippen molar-refractivity contribution in [3.8, 4) is 0 Å². The van der Waals surface area contributed by atoms with Crippen LogP contribution in [0.15, 0.2) is 0 Å². The Hall–Kier alpha value is -0.0800. The summed E-state index contributed by atoms with van der Waals surface area (Å²) < 4.78 is 0. The molecule has 2 N–H and O–H groups in total. The summed E-state index contributed by atoms with van der Waals surface area (Å²) in [5.74, 6) is 0.755. The fourth-order valence-electron chi connectivity index (χ4n) is 1.91. The predicted octanol–water partition coefficient (Wildman–Crippen LogP) is 2.81. The third kappa shape index (κ3) is 5.53. The molecule has 0 amide bonds. The molecule has 0 saturated carbocycles. The van der Waals surface area contributed by atoms with E-state index in [-0.39, 0.29) is 0 Å². The lowest BCUT2D eigenvalue weighted by molar-refractivity contribution is 0.162. The SMILES string of the molecule is CCC(C)CNCC(CC)(CC)CCO. The van der Waals surface area contributed by atoms with Gasteiger partial charge in [0.2, 0.25) is 0 Å². The minimum atomic E-state index is 0.308. The molecule has 0 radical (unpaired) electrons. The zero-order valence-corrected chi connectivity index (χ0v) is 11.0. The molecule has 0 aliphatic carbocycles. The average Bonchev–Trinajstić information content (AvgIpc) is 2.27. The van der Waals surface area contributed by atoms with Gasteiger partial charge in [-0.2, -0.15) is 0 Å². The van der Waals surface area contributed by atoms with Gasteiger partial charge in [-0.3, -0.25) is 0 Å². The fourth-order valence-corrected chi connectivity index (χ4v) is 1.91. The average molecular weight is 215 g/mol. The summed E-state index contributed by atoms with van der Waals surface area (Å²) in [6, 6.07) is 0. The van der Waals surface area contributed by atoms with Crippen LogP contribution < -0.4 is 5.32 Å². The van der Waals surface area contributed by atoms with Crippen LogP contribution in [0.4, 0.5) is 0 Å². The molecule has 0 aromatic heterocycles. The fraction of sp³-hybridized carbons (Fsp3) is 1.00. The van der Waals surface area contributed by atoms with Crippen molar-refractivity contribution in [2.45, 2.75) is 53.4 Å². The van der Waals surface area contributed by atoms with Crippen molar-refractivity contribution in [2.75, 3.05) is 19.7 Å². The zero-order valence-electron chi connectivity index (χ0n) is 11.0. The standard InChI is InChI=1S/C13H29NO/c1-5-12(4)10-14-11-13(6-2,7-3)8-9-15/h12,14-15H,5-11H2,1-4H3. The number of nitrogens with one attached hydrogen (secondary N) is 1. The summed E-state index contributed by atoms with van der Waals surface area (Å²) in [5, 5.41) is 12.6. The molecule has 0 aromatic rings. The Morgan fingerprint density at radius 3 is 2.20 bits per heavy atom. The normalized spacial score (nSPS) is 14.2. The zero-order chi connectivity index (χ0) is 11.7. The number of hydrogen-bond acceptors (Lipinski definition) is 2. The first-order valence-corrected chi connectivity index (χ1v) is 6.45. The molecule has 0 fully saturated rings. The Morgan fingerprint density at radius 2 is 1.80 bits per heavy atom. The van der Waals surface area contributed by atoms with Crippen LogP contribution in [0.25, 0.3) is 0 Å². The molecule has 0 aromatic carbocycles. The highest BCUT2D eigenvalue weighted by atomic mass is 16.3. The molecule has 0 bridgehead atoms. The Balaban J connectivity index is 3.94. The van der Waals surface area contributed by atoms with E-state index in [9.17, 15) is 0 Å². The first-order chi connectivity index (χ1) is 7.14. The maximum Gasteiger partial charge on any atom is 0.0436 e. The van der Waals surface area contributed by atoms with Crippen LogP contribution in [0.3, 0.4) is 0 Å². The molecule has 92 valence electrons. The summed E-state index contributed by atoms with van der Waals surface area (Å²) in [5.41, 5.74) is 0.308. The van der Waals surface area contributed by atoms with Gasteiger partial charge in [0.1, 0.15) is 0 Å². The van der Waals surface area contributed by atoms with Crippen molar-refractivity contribution < 1.29 is 5.11 Å². The van der Waals surface area contributed by atoms with Crippen LogP contribution in [-0.2, 0) is 0 Å². The first-order valence-electron chi connectivity index (χ1n) is 6.45. The van der Waals surface area contributed by atoms with Crippen molar-refractivity contribution in [2.24, 2.45) is 11.3 Å². The van der Waals surface area contributed by atoms with Crippen molar-refractivity contribution in [3.63, 3.8) is 0 Å². The number of aliphatic hydroxyl groups excluding tert-OH is 1. The summed E-state index contributed by atoms with van der Waals surface area (Å²) >= 11 is 0. The Bertz CT molecular complexity index is 143. The molecule has 0 aliphatic heterocycles. The van der Waals surface area contributed by atoms with E-state index in [0.717, 1.165) is 38.3 Å². The van der Waals surface area contributed by atoms with Gasteiger partial charge in [-0.05, 0) is 37.1 Å². The van der Waals surface area contributed by atoms with Crippen molar-refractivity contribution in [1.82, 2.24) is 5.32 Å². The van der Waals surface area contributed by atoms with Crippen LogP contribution in [0.5, 0.6) is 0 Å². The second kappa shape index (κ2) is 8.12. The highest BCUT2D eigenvalue weighted by Gasteiger charge is 2.24. The van der Waals surface area contributed by atoms with E-state index in [4.69, 9.17) is 5.11 Å². The van der Waals surface area contributed by atoms with E-state index in [1.807, 2.05) is 0 Å². The van der Waals surface area contributed by atoms with Crippen LogP contribution in [0.2, 0.25) is 0 Å². The van der Waals surface area contributed by atoms with Crippen molar-refractivity contribution in [1.29, 1.82) is 0 Å². The van der Waals surface area contributed by atoms with Gasteiger partial charge in [-0.25, -0.2) is 0 Å². The van der Waals surface area contributed by atoms with Crippen molar-refractivity contribution in [3.05, 3.63) is 0 Å². The maximum atomic E-state index is 9.09. The van der Waals surface area contributed by atoms with Gasteiger partial charge in [0, 0.05) is 13.2 Å². The number of rotatable bonds is 9. The van der Waals surface area contributed by atoms with Gasteiger partial charge >= 0.3 is 0 Å². The van der Waals surface area contributed by atoms with E-state index in [0.29, 0.717) is 12.0 Å². The van der Waals surface area contributed by atoms with E-state index < -0.39 is 0 Å². The van der Waals surface area contributed by atoms with Crippen LogP contribution in [-0.4, -0.2) is 24.8 Å². The van der Waals surface area contributed by atoms with Gasteiger partial charge in [0.05, 0.1) is 0 Å². The molecule has 0 heterocycles. The molecule has 0 rings (SSSR count). The lowest BCUT2D eigenvalue weighted by Crippen LogP contribution is -2.36. The monoisotopic (exact) mass is 215 g/mol. The third-order valence-electron chi connectivity index (χ3n) is 3.83. The minimum absolute atomic E-state index is 0.308. The molecule has 1 atom stereocenters. The quantitative estimate of drug-likeness (QED) is 0.620. The molecule has 0 spiro atoms. The smallest absolute Gasteiger partial charge is 0.0436 e. The Morgan fingerprint density at radius 1 is 1.20 bits per heavy atom. The minimum Gasteiger partial charge on any atom is -0.396 e. The molecule has 15 heavy (non-hydrogen) atoms. The predicted molar refractivity (Wildman–Crippen MR) is 67.0 cm³/mol. The topological polar surface area (TPSA) is 32.3 Å². The lowest BCUT2D eigenvalue weighted by Gasteiger charge is -2.32. The van der Waals surface area contributed by atoms with Gasteiger partial charge in [-0.15, -0.1) is 0 Å². The molecule has 0 saturated heterocycles. The maximum absolute atomic E-state index is 9.09. The van der Waals surface area contributed by atoms with Gasteiger partial charge in [0.15, 0.2) is 0 Å². The van der Waals surface area contributed by atoms with Gasteiger partial charge < -0.3 is 10.4 Å². The van der Waals surface area contributed by atoms with E-state index in [1.54, 1.807) is 0 Å². The van der Waals surface area contributed by atoms with Gasteiger partial charge in [0.25, 0.3) is 0 Å². The summed E-state index contributed by atoms with van der Waals surface area (Å²) in [6.45, 7) is 11.4. The summed E-state index contributed by atoms with van der Waals surface area (Å²) in [6.07, 6.45) is 4.46. The number of aliphatic hydroxyl groups is 1. The highest BCUT2D eigenvalue weighted by Crippen LogP contribution is 2.29. The first kappa shape index (κ1) is 14.9. The van der Waals surface area contributed by atoms with E-state index in [2.05, 4.69) is 33.0 Å². The highest BCUT2D eigenvalue weighted by molar-refractivity contribution is 4.79. The molecular weight excluding hydrogens is 186 g/mol. The van der Waals surface area contributed by atoms with E-state index in [1.165, 1.54) is 6.42 Å². The van der Waals surface area contributed by atoms with Crippen LogP contribution in [0.1, 0.15) is 53.4 Å². The second-order valence-electron chi connectivity index (χ2n) is 4.83. The molecular formula is C13H29NO. The van der Waals surface area contributed by atoms with E-state index >= 15 is 0 Å². The lowest BCUT2D eigenvalue weighted by atomic mass is 9.79. The Kier molecular flexibility index (Phi) is 8.07. The third-order valence-corrected chi connectivity index (χ3v) is 3.83.